The van der Waals surface area contributed by atoms with Gasteiger partial charge in [0.15, 0.2) is 0 Å². The maximum atomic E-state index is 12.3. The van der Waals surface area contributed by atoms with Crippen LogP contribution in [0.5, 0.6) is 5.75 Å². The van der Waals surface area contributed by atoms with Crippen LogP contribution in [0.4, 0.5) is 5.69 Å². The standard InChI is InChI=1S/C22H29N3O2/c1-3-24-12-14-25(15-13-24)17-18-8-10-20(11-9-18)23-22(26)16-19-6-4-5-7-21(19)27-2/h4-11H,3,12-17H2,1-2H3,(H,23,26). The highest BCUT2D eigenvalue weighted by Crippen LogP contribution is 2.19. The van der Waals surface area contributed by atoms with Crippen LogP contribution in [0.25, 0.3) is 0 Å². The molecule has 1 saturated heterocycles. The molecule has 0 aromatic heterocycles. The van der Waals surface area contributed by atoms with Gasteiger partial charge in [-0.3, -0.25) is 9.69 Å². The molecular weight excluding hydrogens is 338 g/mol. The number of nitrogens with one attached hydrogen (secondary N) is 1. The molecule has 27 heavy (non-hydrogen) atoms. The first kappa shape index (κ1) is 19.4. The summed E-state index contributed by atoms with van der Waals surface area (Å²) >= 11 is 0. The molecule has 1 aliphatic rings. The Hall–Kier alpha value is -2.37. The van der Waals surface area contributed by atoms with E-state index in [-0.39, 0.29) is 5.91 Å². The van der Waals surface area contributed by atoms with Gasteiger partial charge >= 0.3 is 0 Å². The van der Waals surface area contributed by atoms with Crippen molar-refractivity contribution >= 4 is 11.6 Å². The molecular formula is C22H29N3O2. The molecule has 0 aliphatic carbocycles. The molecule has 5 nitrogen and oxygen atoms in total. The van der Waals surface area contributed by atoms with Crippen molar-refractivity contribution in [3.63, 3.8) is 0 Å². The van der Waals surface area contributed by atoms with Crippen LogP contribution in [0.3, 0.4) is 0 Å². The molecule has 1 fully saturated rings. The lowest BCUT2D eigenvalue weighted by Crippen LogP contribution is -2.45. The molecule has 1 aliphatic heterocycles. The summed E-state index contributed by atoms with van der Waals surface area (Å²) in [6.45, 7) is 8.85. The van der Waals surface area contributed by atoms with E-state index in [2.05, 4.69) is 34.2 Å². The minimum Gasteiger partial charge on any atom is -0.496 e. The Kier molecular flexibility index (Phi) is 6.85. The second-order valence-corrected chi connectivity index (χ2v) is 6.94. The van der Waals surface area contributed by atoms with Crippen LogP contribution in [0, 0.1) is 0 Å². The normalized spacial score (nSPS) is 15.5. The average Bonchev–Trinajstić information content (AvgIpc) is 2.70. The van der Waals surface area contributed by atoms with E-state index in [1.54, 1.807) is 7.11 Å². The first-order valence-corrected chi connectivity index (χ1v) is 9.63. The minimum absolute atomic E-state index is 0.0389. The van der Waals surface area contributed by atoms with E-state index >= 15 is 0 Å². The number of amides is 1. The van der Waals surface area contributed by atoms with E-state index in [0.717, 1.165) is 56.3 Å². The molecule has 1 amide bonds. The molecule has 1 N–H and O–H groups in total. The van der Waals surface area contributed by atoms with E-state index in [0.29, 0.717) is 6.42 Å². The third kappa shape index (κ3) is 5.55. The maximum absolute atomic E-state index is 12.3. The van der Waals surface area contributed by atoms with Crippen LogP contribution in [-0.4, -0.2) is 55.5 Å². The lowest BCUT2D eigenvalue weighted by atomic mass is 10.1. The Labute approximate surface area is 161 Å². The van der Waals surface area contributed by atoms with Crippen LogP contribution in [0.15, 0.2) is 48.5 Å². The zero-order valence-corrected chi connectivity index (χ0v) is 16.3. The van der Waals surface area contributed by atoms with Gasteiger partial charge in [0, 0.05) is 44.0 Å². The summed E-state index contributed by atoms with van der Waals surface area (Å²) in [5.41, 5.74) is 3.00. The lowest BCUT2D eigenvalue weighted by Gasteiger charge is -2.34. The predicted octanol–water partition coefficient (Wildman–Crippen LogP) is 3.01. The molecule has 1 heterocycles. The molecule has 5 heteroatoms. The summed E-state index contributed by atoms with van der Waals surface area (Å²) in [4.78, 5) is 17.3. The zero-order valence-electron chi connectivity index (χ0n) is 16.3. The number of hydrogen-bond acceptors (Lipinski definition) is 4. The molecule has 0 bridgehead atoms. The van der Waals surface area contributed by atoms with Crippen LogP contribution in [0.2, 0.25) is 0 Å². The van der Waals surface area contributed by atoms with Gasteiger partial charge in [0.2, 0.25) is 5.91 Å². The smallest absolute Gasteiger partial charge is 0.228 e. The summed E-state index contributed by atoms with van der Waals surface area (Å²) in [5.74, 6) is 0.703. The summed E-state index contributed by atoms with van der Waals surface area (Å²) in [7, 11) is 1.62. The molecule has 0 radical (unpaired) electrons. The van der Waals surface area contributed by atoms with Crippen LogP contribution < -0.4 is 10.1 Å². The summed E-state index contributed by atoms with van der Waals surface area (Å²) in [5, 5.41) is 2.97. The van der Waals surface area contributed by atoms with Gasteiger partial charge in [0.05, 0.1) is 13.5 Å². The third-order valence-corrected chi connectivity index (χ3v) is 5.10. The number of ether oxygens (including phenoxy) is 1. The summed E-state index contributed by atoms with van der Waals surface area (Å²) in [6, 6.07) is 15.8. The van der Waals surface area contributed by atoms with Gasteiger partial charge in [-0.2, -0.15) is 0 Å². The van der Waals surface area contributed by atoms with Crippen LogP contribution in [0.1, 0.15) is 18.1 Å². The van der Waals surface area contributed by atoms with Crippen molar-refractivity contribution in [1.82, 2.24) is 9.80 Å². The monoisotopic (exact) mass is 367 g/mol. The second-order valence-electron chi connectivity index (χ2n) is 6.94. The van der Waals surface area contributed by atoms with E-state index in [4.69, 9.17) is 4.74 Å². The molecule has 0 saturated carbocycles. The molecule has 0 unspecified atom stereocenters. The second kappa shape index (κ2) is 9.53. The Balaban J connectivity index is 1.51. The van der Waals surface area contributed by atoms with Gasteiger partial charge in [-0.15, -0.1) is 0 Å². The van der Waals surface area contributed by atoms with Crippen LogP contribution >= 0.6 is 0 Å². The Morgan fingerprint density at radius 2 is 1.67 bits per heavy atom. The molecule has 144 valence electrons. The number of carbonyl (C=O) groups excluding carboxylic acids is 1. The number of methoxy groups -OCH3 is 1. The van der Waals surface area contributed by atoms with E-state index in [9.17, 15) is 4.79 Å². The van der Waals surface area contributed by atoms with Crippen molar-refractivity contribution in [2.45, 2.75) is 19.9 Å². The first-order valence-electron chi connectivity index (χ1n) is 9.63. The number of para-hydroxylation sites is 1. The summed E-state index contributed by atoms with van der Waals surface area (Å²) < 4.78 is 5.31. The number of nitrogens with zero attached hydrogens (tertiary/aromatic N) is 2. The quantitative estimate of drug-likeness (QED) is 0.817. The molecule has 2 aromatic carbocycles. The number of hydrogen-bond donors (Lipinski definition) is 1. The van der Waals surface area contributed by atoms with Crippen molar-refractivity contribution in [2.24, 2.45) is 0 Å². The fourth-order valence-corrected chi connectivity index (χ4v) is 3.44. The highest BCUT2D eigenvalue weighted by atomic mass is 16.5. The fraction of sp³-hybridized carbons (Fsp3) is 0.409. The zero-order chi connectivity index (χ0) is 19.1. The Bertz CT molecular complexity index is 737. The fourth-order valence-electron chi connectivity index (χ4n) is 3.44. The third-order valence-electron chi connectivity index (χ3n) is 5.10. The number of benzene rings is 2. The maximum Gasteiger partial charge on any atom is 0.228 e. The highest BCUT2D eigenvalue weighted by Gasteiger charge is 2.15. The van der Waals surface area contributed by atoms with Gasteiger partial charge in [-0.05, 0) is 30.3 Å². The number of anilines is 1. The van der Waals surface area contributed by atoms with Crippen molar-refractivity contribution < 1.29 is 9.53 Å². The van der Waals surface area contributed by atoms with E-state index in [1.165, 1.54) is 5.56 Å². The van der Waals surface area contributed by atoms with Crippen molar-refractivity contribution in [3.8, 4) is 5.75 Å². The number of likely N-dealkylation sites (N-methyl/N-ethyl adjacent to an activating group) is 1. The number of carbonyl (C=O) groups is 1. The molecule has 2 aromatic rings. The Morgan fingerprint density at radius 1 is 1.00 bits per heavy atom. The highest BCUT2D eigenvalue weighted by molar-refractivity contribution is 5.92. The molecule has 0 spiro atoms. The SMILES string of the molecule is CCN1CCN(Cc2ccc(NC(=O)Cc3ccccc3OC)cc2)CC1. The molecule has 3 rings (SSSR count). The average molecular weight is 367 g/mol. The Morgan fingerprint density at radius 3 is 2.33 bits per heavy atom. The first-order chi connectivity index (χ1) is 13.2. The summed E-state index contributed by atoms with van der Waals surface area (Å²) in [6.07, 6.45) is 0.299. The van der Waals surface area contributed by atoms with Crippen molar-refractivity contribution in [3.05, 3.63) is 59.7 Å². The number of rotatable bonds is 7. The van der Waals surface area contributed by atoms with E-state index < -0.39 is 0 Å². The largest absolute Gasteiger partial charge is 0.496 e. The van der Waals surface area contributed by atoms with Gasteiger partial charge in [-0.25, -0.2) is 0 Å². The van der Waals surface area contributed by atoms with Gasteiger partial charge in [0.25, 0.3) is 0 Å². The van der Waals surface area contributed by atoms with Gasteiger partial charge < -0.3 is 15.0 Å². The van der Waals surface area contributed by atoms with E-state index in [1.807, 2.05) is 36.4 Å². The molecule has 0 atom stereocenters. The van der Waals surface area contributed by atoms with Crippen molar-refractivity contribution in [1.29, 1.82) is 0 Å². The van der Waals surface area contributed by atoms with Gasteiger partial charge in [-0.1, -0.05) is 37.3 Å². The number of piperazine rings is 1. The van der Waals surface area contributed by atoms with Crippen LogP contribution in [-0.2, 0) is 17.8 Å². The lowest BCUT2D eigenvalue weighted by molar-refractivity contribution is -0.115. The van der Waals surface area contributed by atoms with Gasteiger partial charge in [0.1, 0.15) is 5.75 Å². The topological polar surface area (TPSA) is 44.8 Å². The minimum atomic E-state index is -0.0389. The predicted molar refractivity (Wildman–Crippen MR) is 109 cm³/mol. The van der Waals surface area contributed by atoms with Crippen molar-refractivity contribution in [2.75, 3.05) is 45.2 Å².